The van der Waals surface area contributed by atoms with Crippen molar-refractivity contribution in [2.75, 3.05) is 40.0 Å². The first-order valence-electron chi connectivity index (χ1n) is 7.46. The van der Waals surface area contributed by atoms with Gasteiger partial charge in [0.25, 0.3) is 5.91 Å². The molecule has 0 saturated carbocycles. The molecule has 0 atom stereocenters. The maximum Gasteiger partial charge on any atom is 0.257 e. The minimum atomic E-state index is 0.0403. The lowest BCUT2D eigenvalue weighted by Gasteiger charge is -2.31. The predicted molar refractivity (Wildman–Crippen MR) is 81.5 cm³/mol. The van der Waals surface area contributed by atoms with Crippen LogP contribution in [0.1, 0.15) is 23.2 Å². The fraction of sp³-hybridized carbons (Fsp3) is 0.562. The second-order valence-corrected chi connectivity index (χ2v) is 5.31. The average molecular weight is 292 g/mol. The van der Waals surface area contributed by atoms with Crippen LogP contribution in [-0.4, -0.2) is 50.8 Å². The number of para-hydroxylation sites is 1. The van der Waals surface area contributed by atoms with E-state index >= 15 is 0 Å². The van der Waals surface area contributed by atoms with E-state index in [-0.39, 0.29) is 5.91 Å². The third kappa shape index (κ3) is 4.19. The van der Waals surface area contributed by atoms with Gasteiger partial charge in [0.2, 0.25) is 0 Å². The lowest BCUT2D eigenvalue weighted by Crippen LogP contribution is -2.40. The van der Waals surface area contributed by atoms with Gasteiger partial charge in [0.1, 0.15) is 12.4 Å². The number of methoxy groups -OCH3 is 1. The van der Waals surface area contributed by atoms with E-state index in [4.69, 9.17) is 15.2 Å². The maximum absolute atomic E-state index is 12.6. The zero-order valence-electron chi connectivity index (χ0n) is 12.6. The van der Waals surface area contributed by atoms with Crippen molar-refractivity contribution in [3.05, 3.63) is 29.8 Å². The number of ether oxygens (including phenoxy) is 2. The van der Waals surface area contributed by atoms with E-state index in [0.29, 0.717) is 37.0 Å². The van der Waals surface area contributed by atoms with Gasteiger partial charge < -0.3 is 20.1 Å². The third-order valence-corrected chi connectivity index (χ3v) is 3.90. The van der Waals surface area contributed by atoms with E-state index in [1.165, 1.54) is 0 Å². The number of hydrogen-bond donors (Lipinski definition) is 1. The molecule has 1 aliphatic rings. The molecule has 0 spiro atoms. The molecule has 1 aromatic rings. The van der Waals surface area contributed by atoms with Gasteiger partial charge in [0.15, 0.2) is 0 Å². The zero-order valence-corrected chi connectivity index (χ0v) is 12.6. The Hall–Kier alpha value is -1.59. The minimum absolute atomic E-state index is 0.0403. The van der Waals surface area contributed by atoms with Crippen LogP contribution < -0.4 is 10.5 Å². The van der Waals surface area contributed by atoms with Crippen LogP contribution in [0.3, 0.4) is 0 Å². The van der Waals surface area contributed by atoms with Gasteiger partial charge in [-0.3, -0.25) is 4.79 Å². The molecule has 2 rings (SSSR count). The van der Waals surface area contributed by atoms with Gasteiger partial charge in [-0.2, -0.15) is 0 Å². The molecule has 1 saturated heterocycles. The molecule has 1 aliphatic heterocycles. The number of likely N-dealkylation sites (tertiary alicyclic amines) is 1. The highest BCUT2D eigenvalue weighted by Crippen LogP contribution is 2.23. The van der Waals surface area contributed by atoms with E-state index < -0.39 is 0 Å². The van der Waals surface area contributed by atoms with Gasteiger partial charge in [0.05, 0.1) is 12.2 Å². The number of nitrogens with two attached hydrogens (primary N) is 1. The summed E-state index contributed by atoms with van der Waals surface area (Å²) in [6.07, 6.45) is 1.96. The molecule has 2 N–H and O–H groups in total. The van der Waals surface area contributed by atoms with Crippen LogP contribution in [-0.2, 0) is 4.74 Å². The molecule has 5 heteroatoms. The summed E-state index contributed by atoms with van der Waals surface area (Å²) in [6.45, 7) is 3.19. The molecule has 0 aliphatic carbocycles. The van der Waals surface area contributed by atoms with Gasteiger partial charge in [-0.15, -0.1) is 0 Å². The van der Waals surface area contributed by atoms with E-state index in [9.17, 15) is 4.79 Å². The van der Waals surface area contributed by atoms with Crippen LogP contribution in [0, 0.1) is 5.92 Å². The van der Waals surface area contributed by atoms with Crippen molar-refractivity contribution in [2.24, 2.45) is 11.7 Å². The normalized spacial score (nSPS) is 16.0. The maximum atomic E-state index is 12.6. The number of carbonyl (C=O) groups excluding carboxylic acids is 1. The monoisotopic (exact) mass is 292 g/mol. The second-order valence-electron chi connectivity index (χ2n) is 5.31. The number of nitrogens with zero attached hydrogens (tertiary/aromatic N) is 1. The topological polar surface area (TPSA) is 64.8 Å². The standard InChI is InChI=1S/C16H24N2O3/c1-20-10-11-21-15-5-3-2-4-14(15)16(19)18-8-6-13(12-17)7-9-18/h2-5,13H,6-12,17H2,1H3. The molecule has 21 heavy (non-hydrogen) atoms. The number of piperidine rings is 1. The lowest BCUT2D eigenvalue weighted by atomic mass is 9.96. The van der Waals surface area contributed by atoms with Gasteiger partial charge in [-0.05, 0) is 37.4 Å². The van der Waals surface area contributed by atoms with Gasteiger partial charge >= 0.3 is 0 Å². The molecule has 1 fully saturated rings. The zero-order chi connectivity index (χ0) is 15.1. The number of carbonyl (C=O) groups is 1. The molecule has 1 heterocycles. The predicted octanol–water partition coefficient (Wildman–Crippen LogP) is 1.52. The third-order valence-electron chi connectivity index (χ3n) is 3.90. The van der Waals surface area contributed by atoms with Crippen LogP contribution in [0.15, 0.2) is 24.3 Å². The summed E-state index contributed by atoms with van der Waals surface area (Å²) in [7, 11) is 1.63. The highest BCUT2D eigenvalue weighted by molar-refractivity contribution is 5.97. The average Bonchev–Trinajstić information content (AvgIpc) is 2.55. The van der Waals surface area contributed by atoms with E-state index in [0.717, 1.165) is 25.9 Å². The largest absolute Gasteiger partial charge is 0.490 e. The summed E-state index contributed by atoms with van der Waals surface area (Å²) >= 11 is 0. The summed E-state index contributed by atoms with van der Waals surface area (Å²) in [6, 6.07) is 7.39. The number of hydrogen-bond acceptors (Lipinski definition) is 4. The molecule has 1 amide bonds. The molecule has 0 radical (unpaired) electrons. The number of amides is 1. The number of benzene rings is 1. The summed E-state index contributed by atoms with van der Waals surface area (Å²) in [4.78, 5) is 14.5. The first-order valence-corrected chi connectivity index (χ1v) is 7.46. The van der Waals surface area contributed by atoms with Crippen molar-refractivity contribution in [1.29, 1.82) is 0 Å². The first-order chi connectivity index (χ1) is 10.3. The van der Waals surface area contributed by atoms with Crippen molar-refractivity contribution >= 4 is 5.91 Å². The summed E-state index contributed by atoms with van der Waals surface area (Å²) in [5, 5.41) is 0. The van der Waals surface area contributed by atoms with Crippen molar-refractivity contribution in [3.63, 3.8) is 0 Å². The quantitative estimate of drug-likeness (QED) is 0.807. The van der Waals surface area contributed by atoms with Crippen LogP contribution >= 0.6 is 0 Å². The molecule has 1 aromatic carbocycles. The lowest BCUT2D eigenvalue weighted by molar-refractivity contribution is 0.0686. The Morgan fingerprint density at radius 1 is 1.29 bits per heavy atom. The molecule has 0 unspecified atom stereocenters. The van der Waals surface area contributed by atoms with Gasteiger partial charge in [-0.1, -0.05) is 12.1 Å². The van der Waals surface area contributed by atoms with Crippen molar-refractivity contribution in [2.45, 2.75) is 12.8 Å². The Labute approximate surface area is 126 Å². The van der Waals surface area contributed by atoms with Crippen LogP contribution in [0.5, 0.6) is 5.75 Å². The fourth-order valence-corrected chi connectivity index (χ4v) is 2.55. The molecule has 5 nitrogen and oxygen atoms in total. The van der Waals surface area contributed by atoms with Crippen molar-refractivity contribution in [1.82, 2.24) is 4.90 Å². The van der Waals surface area contributed by atoms with Crippen molar-refractivity contribution < 1.29 is 14.3 Å². The highest BCUT2D eigenvalue weighted by atomic mass is 16.5. The van der Waals surface area contributed by atoms with Crippen LogP contribution in [0.4, 0.5) is 0 Å². The Morgan fingerprint density at radius 2 is 2.00 bits per heavy atom. The minimum Gasteiger partial charge on any atom is -0.490 e. The summed E-state index contributed by atoms with van der Waals surface area (Å²) in [5.74, 6) is 1.21. The Balaban J connectivity index is 2.01. The van der Waals surface area contributed by atoms with Gasteiger partial charge in [0, 0.05) is 20.2 Å². The van der Waals surface area contributed by atoms with Crippen LogP contribution in [0.25, 0.3) is 0 Å². The summed E-state index contributed by atoms with van der Waals surface area (Å²) < 4.78 is 10.6. The smallest absolute Gasteiger partial charge is 0.257 e. The van der Waals surface area contributed by atoms with E-state index in [2.05, 4.69) is 0 Å². The van der Waals surface area contributed by atoms with Gasteiger partial charge in [-0.25, -0.2) is 0 Å². The Kier molecular flexibility index (Phi) is 6.02. The van der Waals surface area contributed by atoms with E-state index in [1.807, 2.05) is 29.2 Å². The molecule has 0 aromatic heterocycles. The molecular formula is C16H24N2O3. The Morgan fingerprint density at radius 3 is 2.67 bits per heavy atom. The summed E-state index contributed by atoms with van der Waals surface area (Å²) in [5.41, 5.74) is 6.32. The van der Waals surface area contributed by atoms with Crippen LogP contribution in [0.2, 0.25) is 0 Å². The Bertz CT molecular complexity index is 457. The first kappa shape index (κ1) is 15.8. The molecule has 0 bridgehead atoms. The highest BCUT2D eigenvalue weighted by Gasteiger charge is 2.24. The molecular weight excluding hydrogens is 268 g/mol. The SMILES string of the molecule is COCCOc1ccccc1C(=O)N1CCC(CN)CC1. The van der Waals surface area contributed by atoms with Crippen molar-refractivity contribution in [3.8, 4) is 5.75 Å². The number of rotatable bonds is 6. The van der Waals surface area contributed by atoms with E-state index in [1.54, 1.807) is 7.11 Å². The molecule has 116 valence electrons. The second kappa shape index (κ2) is 8.00. The fourth-order valence-electron chi connectivity index (χ4n) is 2.55.